The summed E-state index contributed by atoms with van der Waals surface area (Å²) in [6.07, 6.45) is -0.257. The van der Waals surface area contributed by atoms with Gasteiger partial charge in [-0.25, -0.2) is 4.68 Å². The number of aliphatic hydroxyl groups excluding tert-OH is 1. The summed E-state index contributed by atoms with van der Waals surface area (Å²) in [5.74, 6) is 0.00873. The highest BCUT2D eigenvalue weighted by atomic mass is 79.9. The number of halogens is 1. The predicted octanol–water partition coefficient (Wildman–Crippen LogP) is 2.20. The first kappa shape index (κ1) is 17.3. The van der Waals surface area contributed by atoms with Crippen molar-refractivity contribution in [1.82, 2.24) is 14.7 Å². The van der Waals surface area contributed by atoms with Gasteiger partial charge in [0, 0.05) is 17.4 Å². The molecule has 1 aromatic heterocycles. The first-order valence-electron chi connectivity index (χ1n) is 7.32. The Bertz CT molecular complexity index is 806. The number of benzene rings is 1. The topological polar surface area (TPSA) is 80.7 Å². The molecule has 7 nitrogen and oxygen atoms in total. The van der Waals surface area contributed by atoms with Crippen molar-refractivity contribution < 1.29 is 19.1 Å². The van der Waals surface area contributed by atoms with E-state index in [2.05, 4.69) is 21.0 Å². The number of β-amino-alcohol motifs (C(OH)–C–C–N with tert-alkyl or cyclic N) is 1. The zero-order chi connectivity index (χ0) is 17.3. The van der Waals surface area contributed by atoms with Crippen molar-refractivity contribution in [2.75, 3.05) is 13.7 Å². The van der Waals surface area contributed by atoms with Gasteiger partial charge >= 0.3 is 5.97 Å². The standard InChI is InChI=1S/C15H16BrN3O4S/c1-22-14(21)12-6-9(20)7-18(12)8-19-15(24)23-13(17-19)10-4-2-3-5-11(10)16/h2-5,9,12,20H,6-8H2,1H3/t9-,12-/m0/s1. The van der Waals surface area contributed by atoms with Gasteiger partial charge < -0.3 is 14.3 Å². The molecular formula is C15H16BrN3O4S. The molecule has 1 fully saturated rings. The Balaban J connectivity index is 1.85. The van der Waals surface area contributed by atoms with E-state index >= 15 is 0 Å². The molecule has 0 saturated carbocycles. The van der Waals surface area contributed by atoms with Crippen molar-refractivity contribution in [2.45, 2.75) is 25.2 Å². The third-order valence-electron chi connectivity index (χ3n) is 3.88. The number of esters is 1. The van der Waals surface area contributed by atoms with Gasteiger partial charge in [0.05, 0.1) is 25.4 Å². The molecule has 1 saturated heterocycles. The predicted molar refractivity (Wildman–Crippen MR) is 91.6 cm³/mol. The van der Waals surface area contributed by atoms with Crippen LogP contribution in [0.1, 0.15) is 6.42 Å². The molecule has 1 aliphatic rings. The Kier molecular flexibility index (Phi) is 5.14. The molecule has 1 aliphatic heterocycles. The Labute approximate surface area is 152 Å². The van der Waals surface area contributed by atoms with Crippen molar-refractivity contribution >= 4 is 34.1 Å². The van der Waals surface area contributed by atoms with E-state index in [1.54, 1.807) is 4.90 Å². The number of likely N-dealkylation sites (tertiary alicyclic amines) is 1. The van der Waals surface area contributed by atoms with E-state index in [9.17, 15) is 9.90 Å². The van der Waals surface area contributed by atoms with Gasteiger partial charge in [-0.3, -0.25) is 9.69 Å². The first-order valence-corrected chi connectivity index (χ1v) is 8.52. The molecule has 1 aromatic carbocycles. The van der Waals surface area contributed by atoms with Gasteiger partial charge in [-0.2, -0.15) is 0 Å². The fourth-order valence-electron chi connectivity index (χ4n) is 2.73. The lowest BCUT2D eigenvalue weighted by molar-refractivity contribution is -0.146. The average Bonchev–Trinajstić information content (AvgIpc) is 3.10. The highest BCUT2D eigenvalue weighted by Gasteiger charge is 2.37. The van der Waals surface area contributed by atoms with Crippen LogP contribution in [0, 0.1) is 4.84 Å². The lowest BCUT2D eigenvalue weighted by Crippen LogP contribution is -2.38. The summed E-state index contributed by atoms with van der Waals surface area (Å²) >= 11 is 8.68. The Morgan fingerprint density at radius 2 is 2.29 bits per heavy atom. The molecule has 0 aliphatic carbocycles. The second kappa shape index (κ2) is 7.14. The zero-order valence-corrected chi connectivity index (χ0v) is 15.3. The first-order chi connectivity index (χ1) is 11.5. The van der Waals surface area contributed by atoms with Gasteiger partial charge in [0.1, 0.15) is 6.04 Å². The SMILES string of the molecule is COC(=O)[C@@H]1C[C@H](O)CN1Cn1nc(-c2ccccc2Br)oc1=S. The third-order valence-corrected chi connectivity index (χ3v) is 4.87. The smallest absolute Gasteiger partial charge is 0.323 e. The highest BCUT2D eigenvalue weighted by molar-refractivity contribution is 9.10. The maximum absolute atomic E-state index is 11.9. The van der Waals surface area contributed by atoms with E-state index in [1.807, 2.05) is 24.3 Å². The van der Waals surface area contributed by atoms with Crippen LogP contribution in [0.4, 0.5) is 0 Å². The molecule has 9 heteroatoms. The van der Waals surface area contributed by atoms with Crippen molar-refractivity contribution in [3.63, 3.8) is 0 Å². The normalized spacial score (nSPS) is 21.1. The van der Waals surface area contributed by atoms with E-state index in [0.717, 1.165) is 10.0 Å². The lowest BCUT2D eigenvalue weighted by Gasteiger charge is -2.21. The molecule has 0 radical (unpaired) electrons. The third kappa shape index (κ3) is 3.44. The van der Waals surface area contributed by atoms with Gasteiger partial charge in [0.15, 0.2) is 0 Å². The van der Waals surface area contributed by atoms with E-state index in [0.29, 0.717) is 18.9 Å². The van der Waals surface area contributed by atoms with Crippen LogP contribution in [0.3, 0.4) is 0 Å². The molecular weight excluding hydrogens is 398 g/mol. The van der Waals surface area contributed by atoms with Crippen LogP contribution in [0.15, 0.2) is 33.2 Å². The van der Waals surface area contributed by atoms with Gasteiger partial charge in [0.25, 0.3) is 4.84 Å². The Morgan fingerprint density at radius 1 is 1.54 bits per heavy atom. The number of carbonyl (C=O) groups excluding carboxylic acids is 1. The number of methoxy groups -OCH3 is 1. The van der Waals surface area contributed by atoms with E-state index < -0.39 is 12.1 Å². The molecule has 0 amide bonds. The number of carbonyl (C=O) groups is 1. The van der Waals surface area contributed by atoms with Gasteiger partial charge in [-0.1, -0.05) is 12.1 Å². The monoisotopic (exact) mass is 413 g/mol. The van der Waals surface area contributed by atoms with Gasteiger partial charge in [-0.15, -0.1) is 5.10 Å². The summed E-state index contributed by atoms with van der Waals surface area (Å²) in [6, 6.07) is 7.01. The summed E-state index contributed by atoms with van der Waals surface area (Å²) in [4.78, 5) is 13.8. The van der Waals surface area contributed by atoms with E-state index in [4.69, 9.17) is 21.4 Å². The van der Waals surface area contributed by atoms with Crippen LogP contribution in [0.25, 0.3) is 11.5 Å². The molecule has 2 atom stereocenters. The highest BCUT2D eigenvalue weighted by Crippen LogP contribution is 2.27. The van der Waals surface area contributed by atoms with Crippen LogP contribution in [-0.4, -0.2) is 51.6 Å². The van der Waals surface area contributed by atoms with Gasteiger partial charge in [0.2, 0.25) is 5.89 Å². The average molecular weight is 414 g/mol. The Morgan fingerprint density at radius 3 is 3.00 bits per heavy atom. The summed E-state index contributed by atoms with van der Waals surface area (Å²) in [5, 5.41) is 14.2. The zero-order valence-electron chi connectivity index (χ0n) is 12.9. The van der Waals surface area contributed by atoms with E-state index in [1.165, 1.54) is 11.8 Å². The molecule has 0 unspecified atom stereocenters. The number of ether oxygens (including phenoxy) is 1. The minimum atomic E-state index is -0.585. The fourth-order valence-corrected chi connectivity index (χ4v) is 3.36. The van der Waals surface area contributed by atoms with Gasteiger partial charge in [-0.05, 0) is 40.3 Å². The van der Waals surface area contributed by atoms with Crippen LogP contribution in [0.2, 0.25) is 0 Å². The molecule has 0 spiro atoms. The second-order valence-corrected chi connectivity index (χ2v) is 6.70. The summed E-state index contributed by atoms with van der Waals surface area (Å²) in [7, 11) is 1.33. The lowest BCUT2D eigenvalue weighted by atomic mass is 10.2. The van der Waals surface area contributed by atoms with Crippen LogP contribution < -0.4 is 0 Å². The maximum atomic E-state index is 11.9. The summed E-state index contributed by atoms with van der Waals surface area (Å²) in [6.45, 7) is 0.586. The van der Waals surface area contributed by atoms with Crippen LogP contribution in [0.5, 0.6) is 0 Å². The minimum absolute atomic E-state index is 0.200. The number of aromatic nitrogens is 2. The fraction of sp³-hybridized carbons (Fsp3) is 0.400. The van der Waals surface area contributed by atoms with Crippen molar-refractivity contribution in [3.05, 3.63) is 33.6 Å². The minimum Gasteiger partial charge on any atom is -0.468 e. The Hall–Kier alpha value is -1.55. The molecule has 2 heterocycles. The number of hydrogen-bond acceptors (Lipinski definition) is 7. The maximum Gasteiger partial charge on any atom is 0.323 e. The summed E-state index contributed by atoms with van der Waals surface area (Å²) < 4.78 is 12.7. The van der Waals surface area contributed by atoms with Crippen LogP contribution in [-0.2, 0) is 16.2 Å². The van der Waals surface area contributed by atoms with Crippen molar-refractivity contribution in [2.24, 2.45) is 0 Å². The molecule has 3 rings (SSSR count). The number of hydrogen-bond donors (Lipinski definition) is 1. The van der Waals surface area contributed by atoms with Crippen molar-refractivity contribution in [1.29, 1.82) is 0 Å². The molecule has 2 aromatic rings. The molecule has 24 heavy (non-hydrogen) atoms. The quantitative estimate of drug-likeness (QED) is 0.607. The molecule has 1 N–H and O–H groups in total. The van der Waals surface area contributed by atoms with Crippen LogP contribution >= 0.6 is 28.1 Å². The number of rotatable bonds is 4. The molecule has 128 valence electrons. The molecule has 0 bridgehead atoms. The summed E-state index contributed by atoms with van der Waals surface area (Å²) in [5.41, 5.74) is 0.785. The van der Waals surface area contributed by atoms with E-state index in [-0.39, 0.29) is 17.5 Å². The number of nitrogens with zero attached hydrogens (tertiary/aromatic N) is 3. The second-order valence-electron chi connectivity index (χ2n) is 5.49. The largest absolute Gasteiger partial charge is 0.468 e. The van der Waals surface area contributed by atoms with Crippen molar-refractivity contribution in [3.8, 4) is 11.5 Å². The number of aliphatic hydroxyl groups is 1.